The van der Waals surface area contributed by atoms with Crippen LogP contribution in [0.1, 0.15) is 27.7 Å². The number of carboxylic acids is 2. The zero-order valence-electron chi connectivity index (χ0n) is 11.3. The molecule has 116 valence electrons. The van der Waals surface area contributed by atoms with Crippen LogP contribution in [0.2, 0.25) is 5.02 Å². The molecule has 0 aliphatic heterocycles. The van der Waals surface area contributed by atoms with Gasteiger partial charge in [-0.15, -0.1) is 11.3 Å². The maximum absolute atomic E-state index is 10.9. The fourth-order valence-corrected chi connectivity index (χ4v) is 2.91. The van der Waals surface area contributed by atoms with E-state index in [1.54, 1.807) is 23.6 Å². The Labute approximate surface area is 135 Å². The van der Waals surface area contributed by atoms with Crippen molar-refractivity contribution in [2.75, 3.05) is 6.54 Å². The normalized spacial score (nSPS) is 12.1. The van der Waals surface area contributed by atoms with Crippen molar-refractivity contribution in [1.82, 2.24) is 4.98 Å². The maximum Gasteiger partial charge on any atom is 0.365 e. The molecule has 0 bridgehead atoms. The van der Waals surface area contributed by atoms with E-state index in [-0.39, 0.29) is 23.9 Å². The smallest absolute Gasteiger partial charge is 0.365 e. The summed E-state index contributed by atoms with van der Waals surface area (Å²) in [7, 11) is 0. The highest BCUT2D eigenvalue weighted by atomic mass is 35.5. The molecule has 0 amide bonds. The summed E-state index contributed by atoms with van der Waals surface area (Å²) >= 11 is 7.15. The van der Waals surface area contributed by atoms with Crippen molar-refractivity contribution in [2.45, 2.75) is 12.3 Å². The Bertz CT molecular complexity index is 717. The molecule has 1 aromatic heterocycles. The Hall–Kier alpha value is -1.96. The lowest BCUT2D eigenvalue weighted by Gasteiger charge is -2.14. The third-order valence-corrected chi connectivity index (χ3v) is 4.29. The van der Waals surface area contributed by atoms with Crippen molar-refractivity contribution >= 4 is 34.9 Å². The number of nitrogens with two attached hydrogens (primary N) is 1. The molecule has 0 saturated carbocycles. The fraction of sp³-hybridized carbons (Fsp3) is 0.214. The van der Waals surface area contributed by atoms with Crippen molar-refractivity contribution in [3.63, 3.8) is 0 Å². The highest BCUT2D eigenvalue weighted by Gasteiger charge is 2.18. The minimum Gasteiger partial charge on any atom is -0.481 e. The lowest BCUT2D eigenvalue weighted by atomic mass is 9.94. The molecule has 8 heteroatoms. The summed E-state index contributed by atoms with van der Waals surface area (Å²) in [6.45, 7) is 0.185. The van der Waals surface area contributed by atoms with Crippen LogP contribution in [0.15, 0.2) is 23.6 Å². The predicted molar refractivity (Wildman–Crippen MR) is 83.6 cm³/mol. The van der Waals surface area contributed by atoms with Gasteiger partial charge in [0.1, 0.15) is 0 Å². The van der Waals surface area contributed by atoms with Crippen molar-refractivity contribution < 1.29 is 19.8 Å². The number of benzene rings is 1. The molecule has 1 aromatic carbocycles. The van der Waals surface area contributed by atoms with Crippen LogP contribution >= 0.6 is 22.9 Å². The van der Waals surface area contributed by atoms with Crippen LogP contribution in [-0.2, 0) is 4.79 Å². The van der Waals surface area contributed by atoms with Crippen LogP contribution in [0.4, 0.5) is 0 Å². The van der Waals surface area contributed by atoms with Gasteiger partial charge in [0.15, 0.2) is 0 Å². The summed E-state index contributed by atoms with van der Waals surface area (Å²) in [5.41, 5.74) is 7.37. The van der Waals surface area contributed by atoms with Crippen LogP contribution in [0.25, 0.3) is 11.3 Å². The van der Waals surface area contributed by atoms with Gasteiger partial charge in [0.25, 0.3) is 0 Å². The Balaban J connectivity index is 2.41. The lowest BCUT2D eigenvalue weighted by molar-refractivity contribution is -0.137. The Morgan fingerprint density at radius 3 is 2.64 bits per heavy atom. The quantitative estimate of drug-likeness (QED) is 0.745. The van der Waals surface area contributed by atoms with Gasteiger partial charge in [0, 0.05) is 16.9 Å². The Morgan fingerprint density at radius 1 is 1.36 bits per heavy atom. The first-order valence-corrected chi connectivity index (χ1v) is 7.58. The van der Waals surface area contributed by atoms with Gasteiger partial charge in [-0.05, 0) is 24.2 Å². The molecule has 6 nitrogen and oxygen atoms in total. The van der Waals surface area contributed by atoms with Gasteiger partial charge in [-0.3, -0.25) is 4.79 Å². The number of aromatic nitrogens is 1. The highest BCUT2D eigenvalue weighted by molar-refractivity contribution is 7.11. The number of hydrogen-bond acceptors (Lipinski definition) is 5. The summed E-state index contributed by atoms with van der Waals surface area (Å²) < 4.78 is 0. The number of aliphatic carboxylic acids is 1. The second kappa shape index (κ2) is 6.87. The Kier molecular flexibility index (Phi) is 5.12. The summed E-state index contributed by atoms with van der Waals surface area (Å²) in [6, 6.07) is 5.07. The largest absolute Gasteiger partial charge is 0.481 e. The lowest BCUT2D eigenvalue weighted by Crippen LogP contribution is -2.16. The van der Waals surface area contributed by atoms with Gasteiger partial charge in [-0.25, -0.2) is 9.78 Å². The van der Waals surface area contributed by atoms with Gasteiger partial charge >= 0.3 is 11.9 Å². The van der Waals surface area contributed by atoms with Gasteiger partial charge in [0.05, 0.1) is 17.1 Å². The number of aromatic carboxylic acids is 1. The van der Waals surface area contributed by atoms with Gasteiger partial charge in [0.2, 0.25) is 5.01 Å². The fourth-order valence-electron chi connectivity index (χ4n) is 2.04. The van der Waals surface area contributed by atoms with Crippen LogP contribution in [-0.4, -0.2) is 33.7 Å². The minimum atomic E-state index is -1.10. The van der Waals surface area contributed by atoms with E-state index in [1.165, 1.54) is 0 Å². The third kappa shape index (κ3) is 3.62. The summed E-state index contributed by atoms with van der Waals surface area (Å²) in [6.07, 6.45) is -0.0883. The summed E-state index contributed by atoms with van der Waals surface area (Å²) in [4.78, 5) is 25.8. The van der Waals surface area contributed by atoms with E-state index >= 15 is 0 Å². The number of rotatable bonds is 6. The average Bonchev–Trinajstić information content (AvgIpc) is 2.95. The van der Waals surface area contributed by atoms with Crippen LogP contribution in [0.5, 0.6) is 0 Å². The number of carboxylic acid groups (broad SMARTS) is 2. The number of carbonyl (C=O) groups is 2. The van der Waals surface area contributed by atoms with Crippen molar-refractivity contribution in [1.29, 1.82) is 0 Å². The first-order valence-electron chi connectivity index (χ1n) is 6.33. The monoisotopic (exact) mass is 340 g/mol. The van der Waals surface area contributed by atoms with E-state index in [0.717, 1.165) is 16.9 Å². The molecular formula is C14H13ClN2O4S. The number of hydrogen-bond donors (Lipinski definition) is 3. The van der Waals surface area contributed by atoms with E-state index in [0.29, 0.717) is 16.3 Å². The van der Waals surface area contributed by atoms with Crippen molar-refractivity contribution in [3.05, 3.63) is 39.2 Å². The molecule has 1 atom stereocenters. The molecule has 0 aliphatic carbocycles. The van der Waals surface area contributed by atoms with Gasteiger partial charge in [-0.1, -0.05) is 17.7 Å². The first-order chi connectivity index (χ1) is 10.4. The second-order valence-electron chi connectivity index (χ2n) is 4.61. The molecule has 0 spiro atoms. The maximum atomic E-state index is 10.9. The van der Waals surface area contributed by atoms with Crippen molar-refractivity contribution in [2.24, 2.45) is 5.73 Å². The number of nitrogens with zero attached hydrogens (tertiary/aromatic N) is 1. The molecule has 0 aliphatic rings. The van der Waals surface area contributed by atoms with Crippen LogP contribution in [0, 0.1) is 0 Å². The van der Waals surface area contributed by atoms with Crippen LogP contribution < -0.4 is 5.73 Å². The zero-order chi connectivity index (χ0) is 16.3. The summed E-state index contributed by atoms with van der Waals surface area (Å²) in [5, 5.41) is 19.8. The number of halogens is 1. The van der Waals surface area contributed by atoms with Gasteiger partial charge < -0.3 is 15.9 Å². The SMILES string of the molecule is NC[C@H](CC(=O)O)c1ccc(Cl)c(-c2csc(C(=O)O)n2)c1. The molecule has 22 heavy (non-hydrogen) atoms. The molecule has 0 radical (unpaired) electrons. The standard InChI is InChI=1S/C14H13ClN2O4S/c15-10-2-1-7(8(5-16)4-12(18)19)3-9(10)11-6-22-13(17-11)14(20)21/h1-3,6,8H,4-5,16H2,(H,18,19)(H,20,21)/t8-/m0/s1. The van der Waals surface area contributed by atoms with E-state index in [2.05, 4.69) is 4.98 Å². The predicted octanol–water partition coefficient (Wildman–Crippen LogP) is 2.68. The topological polar surface area (TPSA) is 114 Å². The van der Waals surface area contributed by atoms with E-state index in [1.807, 2.05) is 0 Å². The Morgan fingerprint density at radius 2 is 2.09 bits per heavy atom. The molecule has 2 aromatic rings. The van der Waals surface area contributed by atoms with E-state index in [9.17, 15) is 9.59 Å². The number of thiazole rings is 1. The van der Waals surface area contributed by atoms with Crippen LogP contribution in [0.3, 0.4) is 0 Å². The molecule has 1 heterocycles. The minimum absolute atomic E-state index is 0.0302. The van der Waals surface area contributed by atoms with Gasteiger partial charge in [-0.2, -0.15) is 0 Å². The molecule has 0 saturated heterocycles. The molecule has 0 fully saturated rings. The average molecular weight is 341 g/mol. The first kappa shape index (κ1) is 16.4. The zero-order valence-corrected chi connectivity index (χ0v) is 12.9. The second-order valence-corrected chi connectivity index (χ2v) is 5.88. The summed E-state index contributed by atoms with van der Waals surface area (Å²) in [5.74, 6) is -2.38. The van der Waals surface area contributed by atoms with E-state index in [4.69, 9.17) is 27.5 Å². The highest BCUT2D eigenvalue weighted by Crippen LogP contribution is 2.32. The molecule has 0 unspecified atom stereocenters. The third-order valence-electron chi connectivity index (χ3n) is 3.13. The molecule has 2 rings (SSSR count). The molecular weight excluding hydrogens is 328 g/mol. The van der Waals surface area contributed by atoms with Crippen molar-refractivity contribution in [3.8, 4) is 11.3 Å². The molecule has 4 N–H and O–H groups in total. The van der Waals surface area contributed by atoms with E-state index < -0.39 is 11.9 Å².